The number of aliphatic hydroxyl groups is 1. The van der Waals surface area contributed by atoms with Crippen molar-refractivity contribution in [2.45, 2.75) is 75.5 Å². The second kappa shape index (κ2) is 13.9. The Bertz CT molecular complexity index is 979. The van der Waals surface area contributed by atoms with Crippen molar-refractivity contribution in [3.05, 3.63) is 35.2 Å². The van der Waals surface area contributed by atoms with Gasteiger partial charge in [-0.1, -0.05) is 50.3 Å². The van der Waals surface area contributed by atoms with Gasteiger partial charge >= 0.3 is 6.03 Å². The zero-order valence-electron chi connectivity index (χ0n) is 22.5. The van der Waals surface area contributed by atoms with E-state index >= 15 is 0 Å². The van der Waals surface area contributed by atoms with Gasteiger partial charge in [-0.25, -0.2) is 4.79 Å². The SMILES string of the molecule is CNC[C@H](CC1CCCCC1)NC(=O)N1CCO[C@H]([C@](O)(CCCCOC)c2cccc3ccsc23)C1. The summed E-state index contributed by atoms with van der Waals surface area (Å²) in [6.45, 7) is 2.73. The predicted molar refractivity (Wildman–Crippen MR) is 150 cm³/mol. The summed E-state index contributed by atoms with van der Waals surface area (Å²) < 4.78 is 12.6. The Kier molecular flexibility index (Phi) is 10.6. The molecule has 206 valence electrons. The Morgan fingerprint density at radius 2 is 2.11 bits per heavy atom. The van der Waals surface area contributed by atoms with Crippen molar-refractivity contribution in [3.63, 3.8) is 0 Å². The van der Waals surface area contributed by atoms with Crippen LogP contribution in [0, 0.1) is 5.92 Å². The number of morpholine rings is 1. The maximum atomic E-state index is 13.4. The molecule has 1 aliphatic heterocycles. The molecule has 3 N–H and O–H groups in total. The first-order valence-electron chi connectivity index (χ1n) is 14.0. The molecule has 2 fully saturated rings. The maximum absolute atomic E-state index is 13.4. The smallest absolute Gasteiger partial charge is 0.317 e. The first-order valence-corrected chi connectivity index (χ1v) is 14.9. The van der Waals surface area contributed by atoms with Gasteiger partial charge in [-0.3, -0.25) is 0 Å². The van der Waals surface area contributed by atoms with E-state index in [1.807, 2.05) is 24.1 Å². The van der Waals surface area contributed by atoms with Gasteiger partial charge in [0.25, 0.3) is 0 Å². The molecule has 7 nitrogen and oxygen atoms in total. The molecule has 8 heteroatoms. The number of unbranched alkanes of at least 4 members (excludes halogenated alkanes) is 1. The largest absolute Gasteiger partial charge is 0.385 e. The van der Waals surface area contributed by atoms with E-state index < -0.39 is 11.7 Å². The van der Waals surface area contributed by atoms with E-state index in [1.165, 1.54) is 32.1 Å². The number of likely N-dealkylation sites (N-methyl/N-ethyl adjacent to an activating group) is 1. The normalized spacial score (nSPS) is 21.6. The number of benzene rings is 1. The lowest BCUT2D eigenvalue weighted by Crippen LogP contribution is -2.58. The molecule has 1 saturated heterocycles. The molecule has 3 atom stereocenters. The van der Waals surface area contributed by atoms with Crippen molar-refractivity contribution in [2.24, 2.45) is 5.92 Å². The summed E-state index contributed by atoms with van der Waals surface area (Å²) in [5, 5.41) is 22.0. The number of nitrogens with zero attached hydrogens (tertiary/aromatic N) is 1. The van der Waals surface area contributed by atoms with Crippen LogP contribution in [0.1, 0.15) is 63.4 Å². The van der Waals surface area contributed by atoms with Crippen LogP contribution in [0.2, 0.25) is 0 Å². The van der Waals surface area contributed by atoms with Crippen LogP contribution in [0.4, 0.5) is 4.79 Å². The van der Waals surface area contributed by atoms with Crippen LogP contribution in [0.25, 0.3) is 10.1 Å². The Hall–Kier alpha value is -1.71. The highest BCUT2D eigenvalue weighted by Gasteiger charge is 2.43. The van der Waals surface area contributed by atoms with E-state index in [1.54, 1.807) is 18.4 Å². The van der Waals surface area contributed by atoms with Gasteiger partial charge in [0.15, 0.2) is 0 Å². The molecule has 1 aromatic heterocycles. The lowest BCUT2D eigenvalue weighted by atomic mass is 9.82. The fourth-order valence-electron chi connectivity index (χ4n) is 6.10. The summed E-state index contributed by atoms with van der Waals surface area (Å²) in [5.41, 5.74) is -0.293. The molecule has 0 spiro atoms. The highest BCUT2D eigenvalue weighted by Crippen LogP contribution is 2.40. The minimum absolute atomic E-state index is 0.0552. The molecular weight excluding hydrogens is 486 g/mol. The predicted octanol–water partition coefficient (Wildman–Crippen LogP) is 4.87. The molecule has 37 heavy (non-hydrogen) atoms. The highest BCUT2D eigenvalue weighted by molar-refractivity contribution is 7.17. The summed E-state index contributed by atoms with van der Waals surface area (Å²) in [5.74, 6) is 0.688. The van der Waals surface area contributed by atoms with Crippen LogP contribution in [0.5, 0.6) is 0 Å². The summed E-state index contributed by atoms with van der Waals surface area (Å²) in [4.78, 5) is 15.3. The van der Waals surface area contributed by atoms with Crippen molar-refractivity contribution in [1.82, 2.24) is 15.5 Å². The molecule has 2 aromatic rings. The van der Waals surface area contributed by atoms with Crippen LogP contribution in [0.3, 0.4) is 0 Å². The number of ether oxygens (including phenoxy) is 2. The maximum Gasteiger partial charge on any atom is 0.317 e. The lowest BCUT2D eigenvalue weighted by Gasteiger charge is -2.43. The third-order valence-electron chi connectivity index (χ3n) is 8.11. The zero-order chi connectivity index (χ0) is 26.1. The quantitative estimate of drug-likeness (QED) is 0.340. The first kappa shape index (κ1) is 28.3. The molecule has 4 rings (SSSR count). The number of amides is 2. The number of urea groups is 1. The van der Waals surface area contributed by atoms with E-state index in [2.05, 4.69) is 28.1 Å². The number of carbonyl (C=O) groups excluding carboxylic acids is 1. The number of carbonyl (C=O) groups is 1. The van der Waals surface area contributed by atoms with Gasteiger partial charge in [-0.05, 0) is 55.5 Å². The Morgan fingerprint density at radius 1 is 1.27 bits per heavy atom. The number of rotatable bonds is 12. The monoisotopic (exact) mass is 531 g/mol. The van der Waals surface area contributed by atoms with Crippen LogP contribution in [-0.2, 0) is 15.1 Å². The molecule has 2 aliphatic rings. The van der Waals surface area contributed by atoms with Gasteiger partial charge < -0.3 is 30.1 Å². The number of methoxy groups -OCH3 is 1. The molecule has 2 heterocycles. The molecule has 1 aliphatic carbocycles. The fraction of sp³-hybridized carbons (Fsp3) is 0.690. The minimum atomic E-state index is -1.19. The summed E-state index contributed by atoms with van der Waals surface area (Å²) >= 11 is 1.65. The number of thiophene rings is 1. The van der Waals surface area contributed by atoms with E-state index in [-0.39, 0.29) is 12.1 Å². The van der Waals surface area contributed by atoms with Gasteiger partial charge in [-0.15, -0.1) is 11.3 Å². The number of fused-ring (bicyclic) bond motifs is 1. The van der Waals surface area contributed by atoms with Gasteiger partial charge in [-0.2, -0.15) is 0 Å². The van der Waals surface area contributed by atoms with E-state index in [0.717, 1.165) is 41.5 Å². The summed E-state index contributed by atoms with van der Waals surface area (Å²) in [6.07, 6.45) is 9.21. The zero-order valence-corrected chi connectivity index (χ0v) is 23.4. The molecule has 1 saturated carbocycles. The van der Waals surface area contributed by atoms with E-state index in [4.69, 9.17) is 9.47 Å². The lowest BCUT2D eigenvalue weighted by molar-refractivity contribution is -0.145. The number of hydrogen-bond acceptors (Lipinski definition) is 6. The van der Waals surface area contributed by atoms with Gasteiger partial charge in [0.05, 0.1) is 13.2 Å². The highest BCUT2D eigenvalue weighted by atomic mass is 32.1. The van der Waals surface area contributed by atoms with E-state index in [0.29, 0.717) is 38.6 Å². The van der Waals surface area contributed by atoms with Crippen LogP contribution in [-0.4, -0.2) is 75.2 Å². The number of hydrogen-bond donors (Lipinski definition) is 3. The minimum Gasteiger partial charge on any atom is -0.385 e. The molecule has 0 unspecified atom stereocenters. The van der Waals surface area contributed by atoms with Crippen molar-refractivity contribution < 1.29 is 19.4 Å². The molecule has 2 amide bonds. The molecule has 1 aromatic carbocycles. The van der Waals surface area contributed by atoms with Crippen LogP contribution in [0.15, 0.2) is 29.6 Å². The second-order valence-corrected chi connectivity index (χ2v) is 11.7. The van der Waals surface area contributed by atoms with Crippen molar-refractivity contribution in [1.29, 1.82) is 0 Å². The number of nitrogens with one attached hydrogen (secondary N) is 2. The Morgan fingerprint density at radius 3 is 2.89 bits per heavy atom. The van der Waals surface area contributed by atoms with Gasteiger partial charge in [0.1, 0.15) is 11.7 Å². The van der Waals surface area contributed by atoms with Crippen molar-refractivity contribution >= 4 is 27.5 Å². The standard InChI is InChI=1S/C29H45N3O4S/c1-30-20-24(19-22-9-4-3-5-10-22)31-28(33)32-15-17-36-26(21-32)29(34,14-6-7-16-35-2)25-12-8-11-23-13-18-37-27(23)25/h8,11-13,18,22,24,26,30,34H,3-7,9-10,14-17,19-21H2,1-2H3,(H,31,33)/t24-,26-,29-/m0/s1. The van der Waals surface area contributed by atoms with Crippen molar-refractivity contribution in [2.75, 3.05) is 47.0 Å². The van der Waals surface area contributed by atoms with Crippen LogP contribution >= 0.6 is 11.3 Å². The molecular formula is C29H45N3O4S. The third kappa shape index (κ3) is 7.24. The average molecular weight is 532 g/mol. The van der Waals surface area contributed by atoms with E-state index in [9.17, 15) is 9.90 Å². The topological polar surface area (TPSA) is 83.1 Å². The molecule has 0 bridgehead atoms. The second-order valence-electron chi connectivity index (χ2n) is 10.8. The Balaban J connectivity index is 1.48. The fourth-order valence-corrected chi connectivity index (χ4v) is 7.09. The first-order chi connectivity index (χ1) is 18.0. The van der Waals surface area contributed by atoms with Crippen molar-refractivity contribution in [3.8, 4) is 0 Å². The average Bonchev–Trinajstić information content (AvgIpc) is 3.41. The van der Waals surface area contributed by atoms with Gasteiger partial charge in [0.2, 0.25) is 0 Å². The van der Waals surface area contributed by atoms with Crippen LogP contribution < -0.4 is 10.6 Å². The summed E-state index contributed by atoms with van der Waals surface area (Å²) in [6, 6.07) is 8.24. The van der Waals surface area contributed by atoms with Gasteiger partial charge in [0, 0.05) is 43.1 Å². The molecule has 0 radical (unpaired) electrons. The Labute approximate surface area is 225 Å². The third-order valence-corrected chi connectivity index (χ3v) is 9.07. The summed E-state index contributed by atoms with van der Waals surface area (Å²) in [7, 11) is 3.65.